The number of rotatable bonds is 4. The lowest BCUT2D eigenvalue weighted by molar-refractivity contribution is 0.415. The standard InChI is InChI=1S/C24H20FNO3S/c1-15-4-10-20(12-16(15)2)30(27,28)23-14-26-22-13-18(25)7-11-21(22)24(23)17-5-8-19(29-3)9-6-17/h4-14H,1-3H3. The van der Waals surface area contributed by atoms with Crippen LogP contribution in [0.25, 0.3) is 22.0 Å². The molecule has 0 bridgehead atoms. The second-order valence-electron chi connectivity index (χ2n) is 7.14. The molecule has 0 saturated heterocycles. The van der Waals surface area contributed by atoms with Crippen LogP contribution in [0, 0.1) is 19.7 Å². The molecule has 3 aromatic carbocycles. The Balaban J connectivity index is 2.03. The lowest BCUT2D eigenvalue weighted by Gasteiger charge is -2.15. The Bertz CT molecular complexity index is 1360. The Kier molecular flexibility index (Phi) is 5.03. The number of benzene rings is 3. The van der Waals surface area contributed by atoms with Crippen LogP contribution in [0.5, 0.6) is 5.75 Å². The molecule has 0 unspecified atom stereocenters. The predicted octanol–water partition coefficient (Wildman–Crippen LogP) is 5.50. The molecule has 4 rings (SSSR count). The van der Waals surface area contributed by atoms with Gasteiger partial charge in [0.05, 0.1) is 22.4 Å². The van der Waals surface area contributed by atoms with E-state index in [9.17, 15) is 12.8 Å². The van der Waals surface area contributed by atoms with Crippen molar-refractivity contribution >= 4 is 20.7 Å². The zero-order chi connectivity index (χ0) is 21.5. The van der Waals surface area contributed by atoms with Gasteiger partial charge in [-0.1, -0.05) is 18.2 Å². The molecule has 0 atom stereocenters. The van der Waals surface area contributed by atoms with Crippen molar-refractivity contribution in [2.75, 3.05) is 7.11 Å². The Hall–Kier alpha value is -3.25. The molecule has 6 heteroatoms. The summed E-state index contributed by atoms with van der Waals surface area (Å²) < 4.78 is 46.2. The second kappa shape index (κ2) is 7.54. The van der Waals surface area contributed by atoms with Gasteiger partial charge in [-0.15, -0.1) is 0 Å². The van der Waals surface area contributed by atoms with E-state index >= 15 is 0 Å². The third-order valence-electron chi connectivity index (χ3n) is 5.25. The smallest absolute Gasteiger partial charge is 0.208 e. The van der Waals surface area contributed by atoms with Crippen molar-refractivity contribution in [3.05, 3.63) is 83.8 Å². The van der Waals surface area contributed by atoms with Gasteiger partial charge in [0.25, 0.3) is 0 Å². The highest BCUT2D eigenvalue weighted by molar-refractivity contribution is 7.91. The third-order valence-corrected chi connectivity index (χ3v) is 7.02. The minimum atomic E-state index is -3.86. The highest BCUT2D eigenvalue weighted by Gasteiger charge is 2.25. The Morgan fingerprint density at radius 3 is 2.30 bits per heavy atom. The minimum Gasteiger partial charge on any atom is -0.497 e. The van der Waals surface area contributed by atoms with Crippen molar-refractivity contribution in [1.29, 1.82) is 0 Å². The monoisotopic (exact) mass is 421 g/mol. The van der Waals surface area contributed by atoms with Gasteiger partial charge in [-0.2, -0.15) is 0 Å². The van der Waals surface area contributed by atoms with Gasteiger partial charge in [-0.25, -0.2) is 12.8 Å². The number of aromatic nitrogens is 1. The number of halogens is 1. The number of hydrogen-bond donors (Lipinski definition) is 0. The number of methoxy groups -OCH3 is 1. The molecule has 0 fully saturated rings. The van der Waals surface area contributed by atoms with Crippen LogP contribution in [0.15, 0.2) is 76.7 Å². The van der Waals surface area contributed by atoms with Gasteiger partial charge in [-0.3, -0.25) is 4.98 Å². The van der Waals surface area contributed by atoms with E-state index in [2.05, 4.69) is 4.98 Å². The van der Waals surface area contributed by atoms with Crippen molar-refractivity contribution in [2.45, 2.75) is 23.6 Å². The molecule has 1 heterocycles. The molecule has 0 N–H and O–H groups in total. The van der Waals surface area contributed by atoms with Crippen LogP contribution in [0.1, 0.15) is 11.1 Å². The molecule has 4 aromatic rings. The molecule has 0 aliphatic carbocycles. The molecular formula is C24H20FNO3S. The summed E-state index contributed by atoms with van der Waals surface area (Å²) >= 11 is 0. The molecule has 4 nitrogen and oxygen atoms in total. The number of nitrogens with zero attached hydrogens (tertiary/aromatic N) is 1. The highest BCUT2D eigenvalue weighted by Crippen LogP contribution is 2.37. The summed E-state index contributed by atoms with van der Waals surface area (Å²) in [5.41, 5.74) is 3.45. The molecule has 0 aliphatic rings. The summed E-state index contributed by atoms with van der Waals surface area (Å²) in [7, 11) is -2.30. The lowest BCUT2D eigenvalue weighted by Crippen LogP contribution is -2.06. The Labute approximate surface area is 174 Å². The maximum absolute atomic E-state index is 13.8. The molecule has 0 spiro atoms. The largest absolute Gasteiger partial charge is 0.497 e. The van der Waals surface area contributed by atoms with Crippen LogP contribution in [0.4, 0.5) is 4.39 Å². The zero-order valence-electron chi connectivity index (χ0n) is 16.8. The molecule has 0 saturated carbocycles. The third kappa shape index (κ3) is 3.44. The molecule has 0 amide bonds. The Morgan fingerprint density at radius 1 is 0.900 bits per heavy atom. The van der Waals surface area contributed by atoms with E-state index in [1.165, 1.54) is 18.3 Å². The quantitative estimate of drug-likeness (QED) is 0.437. The molecule has 30 heavy (non-hydrogen) atoms. The van der Waals surface area contributed by atoms with Crippen LogP contribution in [-0.4, -0.2) is 20.5 Å². The second-order valence-corrected chi connectivity index (χ2v) is 9.06. The maximum Gasteiger partial charge on any atom is 0.208 e. The first-order chi connectivity index (χ1) is 14.3. The summed E-state index contributed by atoms with van der Waals surface area (Å²) in [6.45, 7) is 3.81. The van der Waals surface area contributed by atoms with E-state index in [-0.39, 0.29) is 9.79 Å². The van der Waals surface area contributed by atoms with E-state index < -0.39 is 15.7 Å². The van der Waals surface area contributed by atoms with Crippen LogP contribution in [0.2, 0.25) is 0 Å². The number of hydrogen-bond acceptors (Lipinski definition) is 4. The zero-order valence-corrected chi connectivity index (χ0v) is 17.6. The van der Waals surface area contributed by atoms with Gasteiger partial charge >= 0.3 is 0 Å². The average Bonchev–Trinajstić information content (AvgIpc) is 2.74. The summed E-state index contributed by atoms with van der Waals surface area (Å²) in [6, 6.07) is 16.3. The van der Waals surface area contributed by atoms with Gasteiger partial charge in [0.1, 0.15) is 11.6 Å². The first-order valence-corrected chi connectivity index (χ1v) is 10.8. The lowest BCUT2D eigenvalue weighted by atomic mass is 10.0. The van der Waals surface area contributed by atoms with Crippen molar-refractivity contribution in [3.63, 3.8) is 0 Å². The van der Waals surface area contributed by atoms with Crippen LogP contribution < -0.4 is 4.74 Å². The average molecular weight is 421 g/mol. The first kappa shape index (κ1) is 20.0. The number of pyridine rings is 1. The number of ether oxygens (including phenoxy) is 1. The normalized spacial score (nSPS) is 11.6. The van der Waals surface area contributed by atoms with E-state index in [1.807, 2.05) is 13.8 Å². The number of sulfone groups is 1. The van der Waals surface area contributed by atoms with E-state index in [1.54, 1.807) is 55.6 Å². The van der Waals surface area contributed by atoms with Gasteiger partial charge < -0.3 is 4.74 Å². The summed E-state index contributed by atoms with van der Waals surface area (Å²) in [4.78, 5) is 4.53. The SMILES string of the molecule is COc1ccc(-c2c(S(=O)(=O)c3ccc(C)c(C)c3)cnc3cc(F)ccc23)cc1. The van der Waals surface area contributed by atoms with Crippen molar-refractivity contribution in [3.8, 4) is 16.9 Å². The molecular weight excluding hydrogens is 401 g/mol. The van der Waals surface area contributed by atoms with Crippen LogP contribution in [-0.2, 0) is 9.84 Å². The van der Waals surface area contributed by atoms with Gasteiger partial charge in [-0.05, 0) is 66.9 Å². The van der Waals surface area contributed by atoms with E-state index in [4.69, 9.17) is 4.74 Å². The van der Waals surface area contributed by atoms with Crippen LogP contribution in [0.3, 0.4) is 0 Å². The van der Waals surface area contributed by atoms with E-state index in [0.29, 0.717) is 27.8 Å². The van der Waals surface area contributed by atoms with Crippen molar-refractivity contribution < 1.29 is 17.5 Å². The maximum atomic E-state index is 13.8. The fourth-order valence-corrected chi connectivity index (χ4v) is 4.94. The molecule has 0 aliphatic heterocycles. The number of fused-ring (bicyclic) bond motifs is 1. The summed E-state index contributed by atoms with van der Waals surface area (Å²) in [6.07, 6.45) is 1.31. The predicted molar refractivity (Wildman–Crippen MR) is 115 cm³/mol. The minimum absolute atomic E-state index is 0.0787. The van der Waals surface area contributed by atoms with Crippen molar-refractivity contribution in [1.82, 2.24) is 4.98 Å². The highest BCUT2D eigenvalue weighted by atomic mass is 32.2. The first-order valence-electron chi connectivity index (χ1n) is 9.36. The van der Waals surface area contributed by atoms with Gasteiger partial charge in [0.15, 0.2) is 0 Å². The fraction of sp³-hybridized carbons (Fsp3) is 0.125. The fourth-order valence-electron chi connectivity index (χ4n) is 3.42. The van der Waals surface area contributed by atoms with Gasteiger partial charge in [0, 0.05) is 23.2 Å². The number of aryl methyl sites for hydroxylation is 2. The summed E-state index contributed by atoms with van der Waals surface area (Å²) in [5.74, 6) is 0.224. The molecule has 152 valence electrons. The van der Waals surface area contributed by atoms with E-state index in [0.717, 1.165) is 11.1 Å². The van der Waals surface area contributed by atoms with Crippen molar-refractivity contribution in [2.24, 2.45) is 0 Å². The molecule has 1 aromatic heterocycles. The summed E-state index contributed by atoms with van der Waals surface area (Å²) in [5, 5.41) is 0.562. The molecule has 0 radical (unpaired) electrons. The van der Waals surface area contributed by atoms with Gasteiger partial charge in [0.2, 0.25) is 9.84 Å². The topological polar surface area (TPSA) is 56.3 Å². The Morgan fingerprint density at radius 2 is 1.63 bits per heavy atom. The van der Waals surface area contributed by atoms with Crippen LogP contribution >= 0.6 is 0 Å².